The van der Waals surface area contributed by atoms with Crippen LogP contribution in [0.1, 0.15) is 27.2 Å². The van der Waals surface area contributed by atoms with E-state index in [0.29, 0.717) is 11.8 Å². The SMILES string of the molecule is CCNC(=O)C1C2C=CC(C2)C1(C)C. The maximum absolute atomic E-state index is 11.9. The summed E-state index contributed by atoms with van der Waals surface area (Å²) in [4.78, 5) is 11.9. The molecule has 0 aromatic heterocycles. The van der Waals surface area contributed by atoms with E-state index in [0.717, 1.165) is 6.54 Å². The predicted molar refractivity (Wildman–Crippen MR) is 56.7 cm³/mol. The Hall–Kier alpha value is -0.790. The molecule has 0 aromatic carbocycles. The van der Waals surface area contributed by atoms with Crippen LogP contribution in [0.15, 0.2) is 12.2 Å². The van der Waals surface area contributed by atoms with E-state index in [1.807, 2.05) is 6.92 Å². The van der Waals surface area contributed by atoms with Gasteiger partial charge in [0.25, 0.3) is 0 Å². The highest BCUT2D eigenvalue weighted by atomic mass is 16.1. The standard InChI is InChI=1S/C12H19NO/c1-4-13-11(14)10-8-5-6-9(7-8)12(10,2)3/h5-6,8-10H,4,7H2,1-3H3,(H,13,14). The molecule has 2 bridgehead atoms. The quantitative estimate of drug-likeness (QED) is 0.667. The number of carbonyl (C=O) groups is 1. The molecule has 3 unspecified atom stereocenters. The van der Waals surface area contributed by atoms with Crippen LogP contribution in [0.25, 0.3) is 0 Å². The van der Waals surface area contributed by atoms with Crippen molar-refractivity contribution in [2.24, 2.45) is 23.2 Å². The van der Waals surface area contributed by atoms with Crippen molar-refractivity contribution in [1.29, 1.82) is 0 Å². The van der Waals surface area contributed by atoms with Crippen molar-refractivity contribution < 1.29 is 4.79 Å². The first-order valence-corrected chi connectivity index (χ1v) is 5.53. The Labute approximate surface area is 85.8 Å². The number of amides is 1. The first kappa shape index (κ1) is 9.75. The number of rotatable bonds is 2. The Morgan fingerprint density at radius 2 is 2.21 bits per heavy atom. The summed E-state index contributed by atoms with van der Waals surface area (Å²) in [7, 11) is 0. The van der Waals surface area contributed by atoms with Gasteiger partial charge in [0.2, 0.25) is 5.91 Å². The lowest BCUT2D eigenvalue weighted by atomic mass is 9.71. The Morgan fingerprint density at radius 3 is 2.71 bits per heavy atom. The maximum Gasteiger partial charge on any atom is 0.224 e. The summed E-state index contributed by atoms with van der Waals surface area (Å²) in [5.74, 6) is 1.54. The zero-order valence-electron chi connectivity index (χ0n) is 9.21. The molecule has 2 aliphatic rings. The highest BCUT2D eigenvalue weighted by molar-refractivity contribution is 5.80. The van der Waals surface area contributed by atoms with Crippen LogP contribution in [0.3, 0.4) is 0 Å². The summed E-state index contributed by atoms with van der Waals surface area (Å²) in [6.45, 7) is 7.17. The van der Waals surface area contributed by atoms with Crippen LogP contribution in [0.4, 0.5) is 0 Å². The molecule has 0 spiro atoms. The average molecular weight is 193 g/mol. The predicted octanol–water partition coefficient (Wildman–Crippen LogP) is 1.97. The van der Waals surface area contributed by atoms with Crippen molar-refractivity contribution in [3.8, 4) is 0 Å². The maximum atomic E-state index is 11.9. The van der Waals surface area contributed by atoms with E-state index in [-0.39, 0.29) is 17.2 Å². The lowest BCUT2D eigenvalue weighted by molar-refractivity contribution is -0.129. The minimum Gasteiger partial charge on any atom is -0.356 e. The Morgan fingerprint density at radius 1 is 1.50 bits per heavy atom. The second-order valence-corrected chi connectivity index (χ2v) is 5.08. The lowest BCUT2D eigenvalue weighted by Gasteiger charge is -2.34. The first-order chi connectivity index (χ1) is 6.57. The van der Waals surface area contributed by atoms with Gasteiger partial charge in [0.15, 0.2) is 0 Å². The molecule has 3 atom stereocenters. The summed E-state index contributed by atoms with van der Waals surface area (Å²) < 4.78 is 0. The Bertz CT molecular complexity index is 280. The van der Waals surface area contributed by atoms with Crippen molar-refractivity contribution in [2.75, 3.05) is 6.54 Å². The van der Waals surface area contributed by atoms with E-state index in [1.54, 1.807) is 0 Å². The fraction of sp³-hybridized carbons (Fsp3) is 0.750. The van der Waals surface area contributed by atoms with Crippen LogP contribution in [0.2, 0.25) is 0 Å². The van der Waals surface area contributed by atoms with Gasteiger partial charge in [0.1, 0.15) is 0 Å². The highest BCUT2D eigenvalue weighted by Gasteiger charge is 2.52. The molecule has 1 amide bonds. The van der Waals surface area contributed by atoms with Crippen molar-refractivity contribution in [2.45, 2.75) is 27.2 Å². The topological polar surface area (TPSA) is 29.1 Å². The molecule has 14 heavy (non-hydrogen) atoms. The van der Waals surface area contributed by atoms with Crippen molar-refractivity contribution >= 4 is 5.91 Å². The van der Waals surface area contributed by atoms with Gasteiger partial charge in [-0.25, -0.2) is 0 Å². The fourth-order valence-corrected chi connectivity index (χ4v) is 3.13. The third-order valence-electron chi connectivity index (χ3n) is 3.94. The van der Waals surface area contributed by atoms with Gasteiger partial charge in [0.05, 0.1) is 0 Å². The molecule has 0 radical (unpaired) electrons. The molecule has 2 rings (SSSR count). The molecule has 1 saturated carbocycles. The number of carbonyl (C=O) groups excluding carboxylic acids is 1. The number of hydrogen-bond donors (Lipinski definition) is 1. The van der Waals surface area contributed by atoms with Crippen molar-refractivity contribution in [3.63, 3.8) is 0 Å². The summed E-state index contributed by atoms with van der Waals surface area (Å²) in [6.07, 6.45) is 5.70. The number of allylic oxidation sites excluding steroid dienone is 2. The number of hydrogen-bond acceptors (Lipinski definition) is 1. The largest absolute Gasteiger partial charge is 0.356 e. The van der Waals surface area contributed by atoms with Crippen LogP contribution in [0.5, 0.6) is 0 Å². The van der Waals surface area contributed by atoms with E-state index < -0.39 is 0 Å². The van der Waals surface area contributed by atoms with E-state index in [1.165, 1.54) is 6.42 Å². The fourth-order valence-electron chi connectivity index (χ4n) is 3.13. The Balaban J connectivity index is 2.19. The summed E-state index contributed by atoms with van der Waals surface area (Å²) in [5.41, 5.74) is 0.151. The van der Waals surface area contributed by atoms with Gasteiger partial charge < -0.3 is 5.32 Å². The molecule has 78 valence electrons. The second-order valence-electron chi connectivity index (χ2n) is 5.08. The molecular weight excluding hydrogens is 174 g/mol. The zero-order valence-corrected chi connectivity index (χ0v) is 9.21. The van der Waals surface area contributed by atoms with Crippen LogP contribution < -0.4 is 5.32 Å². The van der Waals surface area contributed by atoms with Gasteiger partial charge in [-0.15, -0.1) is 0 Å². The normalized spacial score (nSPS) is 37.5. The molecule has 1 N–H and O–H groups in total. The minimum atomic E-state index is 0.151. The molecule has 2 aliphatic carbocycles. The number of fused-ring (bicyclic) bond motifs is 2. The van der Waals surface area contributed by atoms with Gasteiger partial charge >= 0.3 is 0 Å². The molecule has 0 aliphatic heterocycles. The molecular formula is C12H19NO. The van der Waals surface area contributed by atoms with E-state index in [4.69, 9.17) is 0 Å². The summed E-state index contributed by atoms with van der Waals surface area (Å²) in [6, 6.07) is 0. The van der Waals surface area contributed by atoms with Gasteiger partial charge in [-0.3, -0.25) is 4.79 Å². The highest BCUT2D eigenvalue weighted by Crippen LogP contribution is 2.55. The van der Waals surface area contributed by atoms with E-state index in [9.17, 15) is 4.79 Å². The van der Waals surface area contributed by atoms with Crippen LogP contribution in [-0.2, 0) is 4.79 Å². The lowest BCUT2D eigenvalue weighted by Crippen LogP contribution is -2.41. The molecule has 0 heterocycles. The van der Waals surface area contributed by atoms with E-state index in [2.05, 4.69) is 31.3 Å². The minimum absolute atomic E-state index is 0.151. The van der Waals surface area contributed by atoms with Crippen molar-refractivity contribution in [3.05, 3.63) is 12.2 Å². The summed E-state index contributed by atoms with van der Waals surface area (Å²) in [5, 5.41) is 2.96. The molecule has 0 aromatic rings. The smallest absolute Gasteiger partial charge is 0.224 e. The summed E-state index contributed by atoms with van der Waals surface area (Å²) >= 11 is 0. The van der Waals surface area contributed by atoms with Crippen molar-refractivity contribution in [1.82, 2.24) is 5.32 Å². The average Bonchev–Trinajstić information content (AvgIpc) is 2.61. The van der Waals surface area contributed by atoms with Gasteiger partial charge in [0, 0.05) is 12.5 Å². The third-order valence-corrected chi connectivity index (χ3v) is 3.94. The van der Waals surface area contributed by atoms with Crippen LogP contribution in [0, 0.1) is 23.2 Å². The van der Waals surface area contributed by atoms with Gasteiger partial charge in [-0.2, -0.15) is 0 Å². The molecule has 2 nitrogen and oxygen atoms in total. The Kier molecular flexibility index (Phi) is 2.17. The van der Waals surface area contributed by atoms with Crippen LogP contribution >= 0.6 is 0 Å². The molecule has 2 heteroatoms. The van der Waals surface area contributed by atoms with Gasteiger partial charge in [-0.05, 0) is 30.6 Å². The second kappa shape index (κ2) is 3.11. The zero-order chi connectivity index (χ0) is 10.3. The van der Waals surface area contributed by atoms with E-state index >= 15 is 0 Å². The van der Waals surface area contributed by atoms with Gasteiger partial charge in [-0.1, -0.05) is 26.0 Å². The van der Waals surface area contributed by atoms with Crippen LogP contribution in [-0.4, -0.2) is 12.5 Å². The monoisotopic (exact) mass is 193 g/mol. The number of nitrogens with one attached hydrogen (secondary N) is 1. The third kappa shape index (κ3) is 1.20. The first-order valence-electron chi connectivity index (χ1n) is 5.53. The molecule has 1 fully saturated rings. The molecule has 0 saturated heterocycles.